The van der Waals surface area contributed by atoms with E-state index in [9.17, 15) is 9.59 Å². The first-order valence-corrected chi connectivity index (χ1v) is 10.1. The molecule has 2 aromatic rings. The summed E-state index contributed by atoms with van der Waals surface area (Å²) in [6.45, 7) is 4.45. The molecule has 0 N–H and O–H groups in total. The summed E-state index contributed by atoms with van der Waals surface area (Å²) >= 11 is 5.67. The molecule has 0 bridgehead atoms. The van der Waals surface area contributed by atoms with Crippen LogP contribution in [-0.4, -0.2) is 24.9 Å². The summed E-state index contributed by atoms with van der Waals surface area (Å²) in [5.74, 6) is 0.857. The van der Waals surface area contributed by atoms with E-state index >= 15 is 0 Å². The Balaban J connectivity index is 1.91. The molecule has 3 rings (SSSR count). The number of carbonyl (C=O) groups excluding carboxylic acids is 1. The van der Waals surface area contributed by atoms with Crippen molar-refractivity contribution in [2.24, 2.45) is 0 Å². The summed E-state index contributed by atoms with van der Waals surface area (Å²) in [7, 11) is 0. The van der Waals surface area contributed by atoms with Gasteiger partial charge in [-0.2, -0.15) is 12.6 Å². The van der Waals surface area contributed by atoms with Crippen molar-refractivity contribution in [3.8, 4) is 5.75 Å². The predicted octanol–water partition coefficient (Wildman–Crippen LogP) is 2.48. The highest BCUT2D eigenvalue weighted by Gasteiger charge is 2.13. The Labute approximate surface area is 161 Å². The fourth-order valence-electron chi connectivity index (χ4n) is 2.99. The Hall–Kier alpha value is -1.79. The molecule has 0 amide bonds. The molecule has 1 aromatic carbocycles. The maximum absolute atomic E-state index is 12.9. The lowest BCUT2D eigenvalue weighted by molar-refractivity contribution is -0.143. The van der Waals surface area contributed by atoms with Crippen LogP contribution in [0.5, 0.6) is 5.75 Å². The fourth-order valence-corrected chi connectivity index (χ4v) is 4.45. The monoisotopic (exact) mass is 390 g/mol. The van der Waals surface area contributed by atoms with Gasteiger partial charge in [0.25, 0.3) is 0 Å². The van der Waals surface area contributed by atoms with E-state index in [2.05, 4.69) is 18.7 Å². The molecule has 4 nitrogen and oxygen atoms in total. The van der Waals surface area contributed by atoms with Crippen LogP contribution >= 0.6 is 24.0 Å². The largest absolute Gasteiger partial charge is 0.490 e. The summed E-state index contributed by atoms with van der Waals surface area (Å²) in [6.07, 6.45) is 6.37. The summed E-state index contributed by atoms with van der Waals surface area (Å²) in [6, 6.07) is 1.83. The molecule has 1 aliphatic carbocycles. The van der Waals surface area contributed by atoms with Gasteiger partial charge >= 0.3 is 5.97 Å². The predicted molar refractivity (Wildman–Crippen MR) is 110 cm³/mol. The number of esters is 1. The number of carbonyl (C=O) groups is 1. The lowest BCUT2D eigenvalue weighted by Crippen LogP contribution is -2.38. The number of hydrogen-bond donors (Lipinski definition) is 1. The Kier molecular flexibility index (Phi) is 6.04. The van der Waals surface area contributed by atoms with Crippen molar-refractivity contribution < 1.29 is 14.3 Å². The molecular weight excluding hydrogens is 368 g/mol. The minimum Gasteiger partial charge on any atom is -0.490 e. The Morgan fingerprint density at radius 1 is 1.19 bits per heavy atom. The van der Waals surface area contributed by atoms with Gasteiger partial charge in [0.05, 0.1) is 6.42 Å². The van der Waals surface area contributed by atoms with Gasteiger partial charge in [-0.25, -0.2) is 0 Å². The number of thiol groups is 1. The second-order valence-electron chi connectivity index (χ2n) is 6.24. The highest BCUT2D eigenvalue weighted by Crippen LogP contribution is 2.29. The van der Waals surface area contributed by atoms with E-state index in [0.29, 0.717) is 16.9 Å². The normalized spacial score (nSPS) is 12.9. The zero-order valence-electron chi connectivity index (χ0n) is 15.0. The van der Waals surface area contributed by atoms with Gasteiger partial charge in [0.2, 0.25) is 0 Å². The summed E-state index contributed by atoms with van der Waals surface area (Å²) in [4.78, 5) is 24.3. The van der Waals surface area contributed by atoms with E-state index in [4.69, 9.17) is 9.47 Å². The van der Waals surface area contributed by atoms with Crippen LogP contribution in [0.15, 0.2) is 10.9 Å². The molecule has 0 atom stereocenters. The first kappa shape index (κ1) is 19.0. The zero-order chi connectivity index (χ0) is 18.7. The molecular formula is C20H22O4S2. The molecule has 1 heterocycles. The molecule has 0 radical (unpaired) electrons. The molecule has 0 saturated carbocycles. The van der Waals surface area contributed by atoms with Gasteiger partial charge in [-0.3, -0.25) is 9.59 Å². The first-order chi connectivity index (χ1) is 12.5. The van der Waals surface area contributed by atoms with E-state index in [0.717, 1.165) is 38.4 Å². The van der Waals surface area contributed by atoms with E-state index in [1.54, 1.807) is 11.3 Å². The van der Waals surface area contributed by atoms with Gasteiger partial charge in [-0.1, -0.05) is 12.2 Å². The first-order valence-electron chi connectivity index (χ1n) is 8.69. The van der Waals surface area contributed by atoms with Gasteiger partial charge in [0.1, 0.15) is 19.0 Å². The Morgan fingerprint density at radius 2 is 1.96 bits per heavy atom. The highest BCUT2D eigenvalue weighted by molar-refractivity contribution is 7.80. The number of benzene rings is 1. The van der Waals surface area contributed by atoms with Crippen molar-refractivity contribution in [1.29, 1.82) is 0 Å². The second-order valence-corrected chi connectivity index (χ2v) is 7.74. The van der Waals surface area contributed by atoms with Crippen LogP contribution in [0.4, 0.5) is 0 Å². The van der Waals surface area contributed by atoms with Crippen LogP contribution in [0.25, 0.3) is 22.2 Å². The lowest BCUT2D eigenvalue weighted by Gasteiger charge is -2.14. The van der Waals surface area contributed by atoms with E-state index in [1.807, 2.05) is 26.0 Å². The van der Waals surface area contributed by atoms with Crippen molar-refractivity contribution in [2.45, 2.75) is 33.1 Å². The molecule has 1 aromatic heterocycles. The van der Waals surface area contributed by atoms with Gasteiger partial charge in [-0.05, 0) is 43.9 Å². The quantitative estimate of drug-likeness (QED) is 0.468. The number of rotatable bonds is 6. The van der Waals surface area contributed by atoms with Crippen molar-refractivity contribution >= 4 is 52.2 Å². The topological polar surface area (TPSA) is 52.6 Å². The zero-order valence-corrected chi connectivity index (χ0v) is 16.7. The summed E-state index contributed by atoms with van der Waals surface area (Å²) in [5.41, 5.74) is 2.14. The number of hydrogen-bond acceptors (Lipinski definition) is 6. The second kappa shape index (κ2) is 8.27. The molecule has 6 heteroatoms. The van der Waals surface area contributed by atoms with Crippen LogP contribution in [0.2, 0.25) is 0 Å². The standard InChI is InChI=1S/C20H22O4S2/c1-12-13(2)20-15(19(22)14-5-3-4-6-17(14)26-20)11-16(12)23-8-9-24-18(21)7-10-25/h5-6,11,25H,3-4,7-10H2,1-2H3. The minimum absolute atomic E-state index is 0.0675. The molecule has 0 saturated heterocycles. The molecule has 0 aliphatic heterocycles. The number of fused-ring (bicyclic) bond motifs is 2. The van der Waals surface area contributed by atoms with Gasteiger partial charge in [-0.15, -0.1) is 11.3 Å². The average molecular weight is 391 g/mol. The van der Waals surface area contributed by atoms with Gasteiger partial charge < -0.3 is 9.47 Å². The Morgan fingerprint density at radius 3 is 2.73 bits per heavy atom. The van der Waals surface area contributed by atoms with E-state index < -0.39 is 0 Å². The number of aryl methyl sites for hydroxylation is 1. The maximum atomic E-state index is 12.9. The van der Waals surface area contributed by atoms with Crippen molar-refractivity contribution in [2.75, 3.05) is 19.0 Å². The van der Waals surface area contributed by atoms with Crippen LogP contribution < -0.4 is 19.9 Å². The van der Waals surface area contributed by atoms with E-state index in [-0.39, 0.29) is 31.0 Å². The molecule has 138 valence electrons. The van der Waals surface area contributed by atoms with Crippen molar-refractivity contribution in [3.63, 3.8) is 0 Å². The third-order valence-electron chi connectivity index (χ3n) is 4.52. The molecule has 0 fully saturated rings. The lowest BCUT2D eigenvalue weighted by atomic mass is 10.0. The molecule has 0 spiro atoms. The van der Waals surface area contributed by atoms with Gasteiger partial charge in [0, 0.05) is 25.6 Å². The molecule has 1 aliphatic rings. The number of ether oxygens (including phenoxy) is 2. The van der Waals surface area contributed by atoms with Crippen LogP contribution in [0.1, 0.15) is 30.4 Å². The van der Waals surface area contributed by atoms with Gasteiger partial charge in [0.15, 0.2) is 5.43 Å². The smallest absolute Gasteiger partial charge is 0.306 e. The van der Waals surface area contributed by atoms with Crippen molar-refractivity contribution in [3.05, 3.63) is 37.2 Å². The van der Waals surface area contributed by atoms with E-state index in [1.165, 1.54) is 0 Å². The summed E-state index contributed by atoms with van der Waals surface area (Å²) in [5, 5.41) is 1.51. The Bertz CT molecular complexity index is 1020. The van der Waals surface area contributed by atoms with Crippen molar-refractivity contribution in [1.82, 2.24) is 0 Å². The average Bonchev–Trinajstić information content (AvgIpc) is 2.64. The third-order valence-corrected chi connectivity index (χ3v) is 6.08. The molecule has 0 unspecified atom stereocenters. The summed E-state index contributed by atoms with van der Waals surface area (Å²) < 4.78 is 13.0. The molecule has 26 heavy (non-hydrogen) atoms. The van der Waals surface area contributed by atoms with Crippen LogP contribution in [0, 0.1) is 13.8 Å². The third kappa shape index (κ3) is 3.81. The van der Waals surface area contributed by atoms with Crippen LogP contribution in [0.3, 0.4) is 0 Å². The highest BCUT2D eigenvalue weighted by atomic mass is 32.1. The SMILES string of the molecule is Cc1c(OCCOC(=O)CCS)cc2c(=O)c3c(sc2c1C)=CCCC=3. The minimum atomic E-state index is -0.280. The maximum Gasteiger partial charge on any atom is 0.306 e. The fraction of sp³-hybridized carbons (Fsp3) is 0.400. The van der Waals surface area contributed by atoms with Crippen LogP contribution in [-0.2, 0) is 9.53 Å².